The van der Waals surface area contributed by atoms with E-state index in [1.54, 1.807) is 6.20 Å². The molecule has 1 rings (SSSR count). The van der Waals surface area contributed by atoms with E-state index in [-0.39, 0.29) is 36.8 Å². The van der Waals surface area contributed by atoms with E-state index in [2.05, 4.69) is 20.6 Å². The zero-order valence-corrected chi connectivity index (χ0v) is 11.7. The third kappa shape index (κ3) is 6.41. The summed E-state index contributed by atoms with van der Waals surface area (Å²) in [5, 5.41) is 5.80. The van der Waals surface area contributed by atoms with Gasteiger partial charge in [-0.1, -0.05) is 0 Å². The van der Waals surface area contributed by atoms with Gasteiger partial charge in [0.05, 0.1) is 11.9 Å². The molecule has 17 heavy (non-hydrogen) atoms. The van der Waals surface area contributed by atoms with Crippen molar-refractivity contribution in [1.82, 2.24) is 20.6 Å². The maximum absolute atomic E-state index is 11.5. The fourth-order valence-corrected chi connectivity index (χ4v) is 0.948. The fourth-order valence-electron chi connectivity index (χ4n) is 0.948. The molecule has 0 saturated carbocycles. The fraction of sp³-hybridized carbons (Fsp3) is 0.500. The number of aryl methyl sites for hydroxylation is 1. The zero-order valence-electron chi connectivity index (χ0n) is 10.1. The molecule has 0 aliphatic rings. The number of hydrogen-bond acceptors (Lipinski definition) is 4. The van der Waals surface area contributed by atoms with Crippen molar-refractivity contribution in [2.45, 2.75) is 19.9 Å². The molecule has 0 aliphatic carbocycles. The van der Waals surface area contributed by atoms with Gasteiger partial charge in [-0.3, -0.25) is 9.78 Å². The van der Waals surface area contributed by atoms with Gasteiger partial charge in [-0.2, -0.15) is 0 Å². The van der Waals surface area contributed by atoms with E-state index in [1.165, 1.54) is 6.20 Å². The van der Waals surface area contributed by atoms with Crippen molar-refractivity contribution in [3.05, 3.63) is 23.8 Å². The Kier molecular flexibility index (Phi) is 9.94. The average Bonchev–Trinajstić information content (AvgIpc) is 2.26. The molecule has 1 atom stereocenters. The molecule has 0 spiro atoms. The van der Waals surface area contributed by atoms with E-state index in [1.807, 2.05) is 20.9 Å². The number of halogens is 2. The zero-order chi connectivity index (χ0) is 11.3. The van der Waals surface area contributed by atoms with Gasteiger partial charge in [-0.25, -0.2) is 4.98 Å². The third-order valence-electron chi connectivity index (χ3n) is 2.08. The van der Waals surface area contributed by atoms with Crippen molar-refractivity contribution in [1.29, 1.82) is 0 Å². The summed E-state index contributed by atoms with van der Waals surface area (Å²) in [4.78, 5) is 19.5. The Morgan fingerprint density at radius 3 is 2.47 bits per heavy atom. The highest BCUT2D eigenvalue weighted by Gasteiger charge is 2.07. The van der Waals surface area contributed by atoms with E-state index in [4.69, 9.17) is 0 Å². The number of aromatic nitrogens is 2. The summed E-state index contributed by atoms with van der Waals surface area (Å²) in [6.07, 6.45) is 3.06. The van der Waals surface area contributed by atoms with Gasteiger partial charge in [0.15, 0.2) is 0 Å². The molecule has 0 aromatic carbocycles. The highest BCUT2D eigenvalue weighted by molar-refractivity contribution is 5.91. The van der Waals surface area contributed by atoms with Crippen molar-refractivity contribution in [2.75, 3.05) is 13.6 Å². The SMILES string of the molecule is CNC(C)CNC(=O)c1cnc(C)cn1.Cl.Cl. The topological polar surface area (TPSA) is 66.9 Å². The third-order valence-corrected chi connectivity index (χ3v) is 2.08. The number of likely N-dealkylation sites (N-methyl/N-ethyl adjacent to an activating group) is 1. The normalized spacial score (nSPS) is 10.8. The Labute approximate surface area is 114 Å². The van der Waals surface area contributed by atoms with Crippen LogP contribution in [0.4, 0.5) is 0 Å². The molecular weight excluding hydrogens is 263 g/mol. The second-order valence-corrected chi connectivity index (χ2v) is 3.44. The minimum absolute atomic E-state index is 0. The van der Waals surface area contributed by atoms with Crippen LogP contribution in [-0.2, 0) is 0 Å². The van der Waals surface area contributed by atoms with Crippen LogP contribution in [0.3, 0.4) is 0 Å². The number of hydrogen-bond donors (Lipinski definition) is 2. The van der Waals surface area contributed by atoms with Gasteiger partial charge in [-0.05, 0) is 20.9 Å². The molecule has 1 amide bonds. The molecule has 0 radical (unpaired) electrons. The van der Waals surface area contributed by atoms with Crippen LogP contribution < -0.4 is 10.6 Å². The van der Waals surface area contributed by atoms with E-state index in [9.17, 15) is 4.79 Å². The molecular formula is C10H18Cl2N4O. The van der Waals surface area contributed by atoms with Crippen LogP contribution in [-0.4, -0.2) is 35.5 Å². The molecule has 0 fully saturated rings. The number of carbonyl (C=O) groups is 1. The standard InChI is InChI=1S/C10H16N4O.2ClH/c1-7(11-3)4-14-10(15)9-6-12-8(2)5-13-9;;/h5-7,11H,4H2,1-3H3,(H,14,15);2*1H. The number of amides is 1. The maximum Gasteiger partial charge on any atom is 0.271 e. The smallest absolute Gasteiger partial charge is 0.271 e. The van der Waals surface area contributed by atoms with Crippen molar-refractivity contribution >= 4 is 30.7 Å². The van der Waals surface area contributed by atoms with Gasteiger partial charge >= 0.3 is 0 Å². The summed E-state index contributed by atoms with van der Waals surface area (Å²) in [6, 6.07) is 0.243. The number of rotatable bonds is 4. The lowest BCUT2D eigenvalue weighted by Gasteiger charge is -2.10. The molecule has 1 unspecified atom stereocenters. The van der Waals surface area contributed by atoms with Crippen LogP contribution in [0.1, 0.15) is 23.1 Å². The minimum atomic E-state index is -0.190. The lowest BCUT2D eigenvalue weighted by atomic mass is 10.3. The first-order valence-electron chi connectivity index (χ1n) is 4.87. The molecule has 7 heteroatoms. The predicted octanol–water partition coefficient (Wildman–Crippen LogP) is 0.966. The largest absolute Gasteiger partial charge is 0.349 e. The summed E-state index contributed by atoms with van der Waals surface area (Å²) in [5.74, 6) is -0.190. The van der Waals surface area contributed by atoms with Crippen LogP contribution in [0.2, 0.25) is 0 Å². The number of nitrogens with one attached hydrogen (secondary N) is 2. The Bertz CT molecular complexity index is 332. The van der Waals surface area contributed by atoms with Gasteiger partial charge in [0, 0.05) is 18.8 Å². The van der Waals surface area contributed by atoms with Crippen molar-refractivity contribution in [2.24, 2.45) is 0 Å². The highest BCUT2D eigenvalue weighted by Crippen LogP contribution is 1.93. The van der Waals surface area contributed by atoms with Crippen LogP contribution >= 0.6 is 24.8 Å². The van der Waals surface area contributed by atoms with Crippen molar-refractivity contribution < 1.29 is 4.79 Å². The molecule has 0 saturated heterocycles. The van der Waals surface area contributed by atoms with Crippen LogP contribution in [0, 0.1) is 6.92 Å². The van der Waals surface area contributed by atoms with Crippen molar-refractivity contribution in [3.8, 4) is 0 Å². The van der Waals surface area contributed by atoms with Crippen LogP contribution in [0.5, 0.6) is 0 Å². The van der Waals surface area contributed by atoms with E-state index >= 15 is 0 Å². The summed E-state index contributed by atoms with van der Waals surface area (Å²) in [5.41, 5.74) is 1.15. The molecule has 5 nitrogen and oxygen atoms in total. The average molecular weight is 281 g/mol. The van der Waals surface area contributed by atoms with Gasteiger partial charge in [-0.15, -0.1) is 24.8 Å². The summed E-state index contributed by atoms with van der Waals surface area (Å²) in [7, 11) is 1.85. The minimum Gasteiger partial charge on any atom is -0.349 e. The van der Waals surface area contributed by atoms with Gasteiger partial charge in [0.2, 0.25) is 0 Å². The molecule has 2 N–H and O–H groups in total. The second-order valence-electron chi connectivity index (χ2n) is 3.44. The lowest BCUT2D eigenvalue weighted by Crippen LogP contribution is -2.37. The van der Waals surface area contributed by atoms with Crippen molar-refractivity contribution in [3.63, 3.8) is 0 Å². The molecule has 0 bridgehead atoms. The predicted molar refractivity (Wildman–Crippen MR) is 72.1 cm³/mol. The van der Waals surface area contributed by atoms with Gasteiger partial charge in [0.1, 0.15) is 5.69 Å². The number of carbonyl (C=O) groups excluding carboxylic acids is 1. The molecule has 98 valence electrons. The highest BCUT2D eigenvalue weighted by atomic mass is 35.5. The summed E-state index contributed by atoms with van der Waals surface area (Å²) >= 11 is 0. The van der Waals surface area contributed by atoms with Crippen LogP contribution in [0.15, 0.2) is 12.4 Å². The molecule has 0 aliphatic heterocycles. The van der Waals surface area contributed by atoms with E-state index < -0.39 is 0 Å². The second kappa shape index (κ2) is 9.15. The van der Waals surface area contributed by atoms with Gasteiger partial charge in [0.25, 0.3) is 5.91 Å². The Hall–Kier alpha value is -0.910. The first kappa shape index (κ1) is 18.5. The summed E-state index contributed by atoms with van der Waals surface area (Å²) in [6.45, 7) is 4.39. The molecule has 1 aromatic rings. The lowest BCUT2D eigenvalue weighted by molar-refractivity contribution is 0.0945. The first-order chi connectivity index (χ1) is 7.13. The van der Waals surface area contributed by atoms with Crippen LogP contribution in [0.25, 0.3) is 0 Å². The van der Waals surface area contributed by atoms with E-state index in [0.29, 0.717) is 12.2 Å². The van der Waals surface area contributed by atoms with E-state index in [0.717, 1.165) is 5.69 Å². The first-order valence-corrected chi connectivity index (χ1v) is 4.87. The quantitative estimate of drug-likeness (QED) is 0.863. The molecule has 1 aromatic heterocycles. The molecule has 1 heterocycles. The Morgan fingerprint density at radius 2 is 2.00 bits per heavy atom. The maximum atomic E-state index is 11.5. The monoisotopic (exact) mass is 280 g/mol. The Balaban J connectivity index is 0. The van der Waals surface area contributed by atoms with Gasteiger partial charge < -0.3 is 10.6 Å². The summed E-state index contributed by atoms with van der Waals surface area (Å²) < 4.78 is 0. The number of nitrogens with zero attached hydrogens (tertiary/aromatic N) is 2. The Morgan fingerprint density at radius 1 is 1.35 bits per heavy atom.